The Kier molecular flexibility index (Phi) is 4.74. The third kappa shape index (κ3) is 3.54. The van der Waals surface area contributed by atoms with Gasteiger partial charge in [-0.3, -0.25) is 0 Å². The molecule has 1 unspecified atom stereocenters. The molecule has 0 heterocycles. The summed E-state index contributed by atoms with van der Waals surface area (Å²) in [6.07, 6.45) is -2.67. The summed E-state index contributed by atoms with van der Waals surface area (Å²) < 4.78 is 37.9. The highest BCUT2D eigenvalue weighted by molar-refractivity contribution is 5.25. The quantitative estimate of drug-likeness (QED) is 0.857. The van der Waals surface area contributed by atoms with Crippen LogP contribution in [0.4, 0.5) is 13.2 Å². The van der Waals surface area contributed by atoms with Gasteiger partial charge in [0.25, 0.3) is 0 Å². The Hall–Kier alpha value is -1.03. The first-order valence-electron chi connectivity index (χ1n) is 7.25. The second-order valence-corrected chi connectivity index (χ2v) is 5.70. The maximum Gasteiger partial charge on any atom is 0.391 e. The van der Waals surface area contributed by atoms with Gasteiger partial charge < -0.3 is 5.11 Å². The fourth-order valence-electron chi connectivity index (χ4n) is 3.03. The Morgan fingerprint density at radius 3 is 2.40 bits per heavy atom. The molecule has 1 atom stereocenters. The summed E-state index contributed by atoms with van der Waals surface area (Å²) in [5, 5.41) is 10.4. The van der Waals surface area contributed by atoms with Crippen LogP contribution in [0.25, 0.3) is 0 Å². The van der Waals surface area contributed by atoms with Crippen molar-refractivity contribution < 1.29 is 18.3 Å². The highest BCUT2D eigenvalue weighted by Gasteiger charge is 2.42. The number of aryl methyl sites for hydroxylation is 1. The predicted molar refractivity (Wildman–Crippen MR) is 72.3 cm³/mol. The number of benzene rings is 1. The van der Waals surface area contributed by atoms with Crippen molar-refractivity contribution in [1.82, 2.24) is 0 Å². The Bertz CT molecular complexity index is 434. The summed E-state index contributed by atoms with van der Waals surface area (Å²) in [5.74, 6) is -1.24. The average molecular weight is 286 g/mol. The number of hydrogen-bond acceptors (Lipinski definition) is 1. The molecule has 0 saturated heterocycles. The third-order valence-corrected chi connectivity index (χ3v) is 4.38. The average Bonchev–Trinajstić information content (AvgIpc) is 2.46. The van der Waals surface area contributed by atoms with Crippen LogP contribution in [-0.2, 0) is 6.42 Å². The third-order valence-electron chi connectivity index (χ3n) is 4.38. The van der Waals surface area contributed by atoms with Gasteiger partial charge in [0, 0.05) is 0 Å². The number of alkyl halides is 3. The lowest BCUT2D eigenvalue weighted by Gasteiger charge is -2.32. The lowest BCUT2D eigenvalue weighted by Crippen LogP contribution is -2.29. The van der Waals surface area contributed by atoms with E-state index in [2.05, 4.69) is 0 Å². The van der Waals surface area contributed by atoms with Crippen molar-refractivity contribution in [3.8, 4) is 0 Å². The number of hydrogen-bond donors (Lipinski definition) is 1. The smallest absolute Gasteiger partial charge is 0.388 e. The molecule has 0 spiro atoms. The van der Waals surface area contributed by atoms with Gasteiger partial charge in [-0.15, -0.1) is 0 Å². The highest BCUT2D eigenvalue weighted by atomic mass is 19.4. The lowest BCUT2D eigenvalue weighted by molar-refractivity contribution is -0.185. The van der Waals surface area contributed by atoms with Gasteiger partial charge in [-0.25, -0.2) is 0 Å². The summed E-state index contributed by atoms with van der Waals surface area (Å²) in [4.78, 5) is 0. The minimum Gasteiger partial charge on any atom is -0.388 e. The van der Waals surface area contributed by atoms with Crippen LogP contribution < -0.4 is 0 Å². The second kappa shape index (κ2) is 6.17. The van der Waals surface area contributed by atoms with E-state index in [1.54, 1.807) is 0 Å². The van der Waals surface area contributed by atoms with E-state index in [9.17, 15) is 18.3 Å². The fraction of sp³-hybridized carbons (Fsp3) is 0.625. The largest absolute Gasteiger partial charge is 0.391 e. The molecular formula is C16H21F3O. The van der Waals surface area contributed by atoms with Crippen molar-refractivity contribution in [2.75, 3.05) is 0 Å². The Balaban J connectivity index is 1.99. The highest BCUT2D eigenvalue weighted by Crippen LogP contribution is 2.43. The van der Waals surface area contributed by atoms with Crippen LogP contribution in [0.15, 0.2) is 24.3 Å². The van der Waals surface area contributed by atoms with Gasteiger partial charge in [0.1, 0.15) is 0 Å². The summed E-state index contributed by atoms with van der Waals surface area (Å²) >= 11 is 0. The molecule has 20 heavy (non-hydrogen) atoms. The second-order valence-electron chi connectivity index (χ2n) is 5.70. The molecule has 2 rings (SSSR count). The van der Waals surface area contributed by atoms with Gasteiger partial charge in [0.15, 0.2) is 0 Å². The number of halogens is 3. The van der Waals surface area contributed by atoms with Crippen LogP contribution in [0, 0.1) is 11.8 Å². The molecule has 0 radical (unpaired) electrons. The zero-order chi connectivity index (χ0) is 14.8. The van der Waals surface area contributed by atoms with Crippen LogP contribution in [-0.4, -0.2) is 11.3 Å². The van der Waals surface area contributed by atoms with E-state index in [0.29, 0.717) is 12.8 Å². The lowest BCUT2D eigenvalue weighted by atomic mass is 9.77. The zero-order valence-electron chi connectivity index (χ0n) is 11.7. The Labute approximate surface area is 117 Å². The van der Waals surface area contributed by atoms with Crippen molar-refractivity contribution in [1.29, 1.82) is 0 Å². The number of aliphatic hydroxyl groups excluding tert-OH is 1. The normalized spacial score (nSPS) is 25.4. The number of rotatable bonds is 3. The molecule has 1 aliphatic carbocycles. The van der Waals surface area contributed by atoms with E-state index in [0.717, 1.165) is 17.5 Å². The van der Waals surface area contributed by atoms with Crippen LogP contribution >= 0.6 is 0 Å². The molecule has 112 valence electrons. The topological polar surface area (TPSA) is 20.2 Å². The molecule has 1 aromatic carbocycles. The molecule has 0 aromatic heterocycles. The van der Waals surface area contributed by atoms with Crippen molar-refractivity contribution in [2.45, 2.75) is 51.3 Å². The van der Waals surface area contributed by atoms with E-state index in [-0.39, 0.29) is 18.8 Å². The summed E-state index contributed by atoms with van der Waals surface area (Å²) in [6, 6.07) is 7.72. The maximum absolute atomic E-state index is 12.6. The summed E-state index contributed by atoms with van der Waals surface area (Å²) in [5.41, 5.74) is 1.98. The van der Waals surface area contributed by atoms with Crippen LogP contribution in [0.1, 0.15) is 49.8 Å². The predicted octanol–water partition coefficient (Wildman–Crippen LogP) is 4.65. The molecule has 1 aromatic rings. The van der Waals surface area contributed by atoms with Gasteiger partial charge in [0.2, 0.25) is 0 Å². The van der Waals surface area contributed by atoms with Gasteiger partial charge >= 0.3 is 6.18 Å². The SMILES string of the molecule is CCc1cccc(C(O)C2CCC(C(F)(F)F)CC2)c1. The van der Waals surface area contributed by atoms with Gasteiger partial charge in [-0.2, -0.15) is 13.2 Å². The molecule has 1 nitrogen and oxygen atoms in total. The first-order valence-corrected chi connectivity index (χ1v) is 7.25. The molecule has 0 bridgehead atoms. The monoisotopic (exact) mass is 286 g/mol. The van der Waals surface area contributed by atoms with E-state index in [1.165, 1.54) is 0 Å². The minimum atomic E-state index is -4.09. The van der Waals surface area contributed by atoms with Crippen LogP contribution in [0.3, 0.4) is 0 Å². The van der Waals surface area contributed by atoms with Gasteiger partial charge in [-0.1, -0.05) is 31.2 Å². The number of aliphatic hydroxyl groups is 1. The molecular weight excluding hydrogens is 265 g/mol. The van der Waals surface area contributed by atoms with Crippen molar-refractivity contribution >= 4 is 0 Å². The van der Waals surface area contributed by atoms with Crippen LogP contribution in [0.2, 0.25) is 0 Å². The van der Waals surface area contributed by atoms with Crippen molar-refractivity contribution in [3.63, 3.8) is 0 Å². The fourth-order valence-corrected chi connectivity index (χ4v) is 3.03. The molecule has 1 fully saturated rings. The zero-order valence-corrected chi connectivity index (χ0v) is 11.7. The Morgan fingerprint density at radius 2 is 1.85 bits per heavy atom. The van der Waals surface area contributed by atoms with E-state index in [1.807, 2.05) is 31.2 Å². The molecule has 1 N–H and O–H groups in total. The first-order chi connectivity index (χ1) is 9.41. The van der Waals surface area contributed by atoms with Gasteiger partial charge in [-0.05, 0) is 49.1 Å². The minimum absolute atomic E-state index is 0.0549. The Morgan fingerprint density at radius 1 is 1.20 bits per heavy atom. The molecule has 0 amide bonds. The van der Waals surface area contributed by atoms with Gasteiger partial charge in [0.05, 0.1) is 12.0 Å². The molecule has 1 aliphatic rings. The molecule has 4 heteroatoms. The molecule has 1 saturated carbocycles. The van der Waals surface area contributed by atoms with Crippen molar-refractivity contribution in [2.24, 2.45) is 11.8 Å². The van der Waals surface area contributed by atoms with Crippen molar-refractivity contribution in [3.05, 3.63) is 35.4 Å². The first kappa shape index (κ1) is 15.4. The van der Waals surface area contributed by atoms with E-state index >= 15 is 0 Å². The van der Waals surface area contributed by atoms with E-state index in [4.69, 9.17) is 0 Å². The molecule has 0 aliphatic heterocycles. The maximum atomic E-state index is 12.6. The van der Waals surface area contributed by atoms with Crippen LogP contribution in [0.5, 0.6) is 0 Å². The van der Waals surface area contributed by atoms with E-state index < -0.39 is 18.2 Å². The standard InChI is InChI=1S/C16H21F3O/c1-2-11-4-3-5-13(10-11)15(20)12-6-8-14(9-7-12)16(17,18)19/h3-5,10,12,14-15,20H,2,6-9H2,1H3. The summed E-state index contributed by atoms with van der Waals surface area (Å²) in [6.45, 7) is 2.04. The summed E-state index contributed by atoms with van der Waals surface area (Å²) in [7, 11) is 0.